The van der Waals surface area contributed by atoms with E-state index < -0.39 is 0 Å². The average Bonchev–Trinajstić information content (AvgIpc) is 3.28. The van der Waals surface area contributed by atoms with Gasteiger partial charge in [-0.25, -0.2) is 4.98 Å². The molecule has 1 fully saturated rings. The minimum Gasteiger partial charge on any atom is -0.510 e. The summed E-state index contributed by atoms with van der Waals surface area (Å²) in [7, 11) is 3.20. The molecule has 0 atom stereocenters. The smallest absolute Gasteiger partial charge is 0.161 e. The van der Waals surface area contributed by atoms with Gasteiger partial charge in [0.15, 0.2) is 11.5 Å². The third kappa shape index (κ3) is 2.74. The molecule has 1 aromatic heterocycles. The van der Waals surface area contributed by atoms with Gasteiger partial charge in [-0.1, -0.05) is 0 Å². The Balaban J connectivity index is 1.64. The van der Waals surface area contributed by atoms with Crippen molar-refractivity contribution in [2.45, 2.75) is 18.9 Å². The molecule has 6 nitrogen and oxygen atoms in total. The summed E-state index contributed by atoms with van der Waals surface area (Å²) in [4.78, 5) is 6.61. The molecule has 0 radical (unpaired) electrons. The Kier molecular flexibility index (Phi) is 3.88. The van der Waals surface area contributed by atoms with Crippen LogP contribution in [0.15, 0.2) is 29.3 Å². The maximum atomic E-state index is 10.3. The molecule has 0 amide bonds. The van der Waals surface area contributed by atoms with E-state index in [0.717, 1.165) is 24.1 Å². The van der Waals surface area contributed by atoms with Gasteiger partial charge < -0.3 is 19.5 Å². The van der Waals surface area contributed by atoms with E-state index in [4.69, 9.17) is 14.9 Å². The van der Waals surface area contributed by atoms with E-state index in [1.165, 1.54) is 11.3 Å². The van der Waals surface area contributed by atoms with Crippen LogP contribution in [-0.2, 0) is 0 Å². The molecule has 25 heavy (non-hydrogen) atoms. The summed E-state index contributed by atoms with van der Waals surface area (Å²) in [6.07, 6.45) is 2.19. The summed E-state index contributed by atoms with van der Waals surface area (Å²) in [5, 5.41) is 21.3. The first-order valence-corrected chi connectivity index (χ1v) is 8.96. The lowest BCUT2D eigenvalue weighted by Crippen LogP contribution is -2.28. The van der Waals surface area contributed by atoms with Crippen molar-refractivity contribution in [3.8, 4) is 22.8 Å². The van der Waals surface area contributed by atoms with Crippen LogP contribution >= 0.6 is 11.3 Å². The second-order valence-corrected chi connectivity index (χ2v) is 7.00. The minimum atomic E-state index is 0.241. The number of methoxy groups -OCH3 is 2. The van der Waals surface area contributed by atoms with E-state index in [-0.39, 0.29) is 5.76 Å². The maximum absolute atomic E-state index is 10.3. The molecule has 1 saturated carbocycles. The Bertz CT molecular complexity index is 870. The van der Waals surface area contributed by atoms with Crippen molar-refractivity contribution in [3.05, 3.63) is 34.3 Å². The molecule has 0 bridgehead atoms. The number of nitrogens with one attached hydrogen (secondary N) is 1. The van der Waals surface area contributed by atoms with Crippen molar-refractivity contribution in [3.63, 3.8) is 0 Å². The van der Waals surface area contributed by atoms with Crippen LogP contribution in [0.5, 0.6) is 11.5 Å². The normalized spacial score (nSPS) is 17.4. The van der Waals surface area contributed by atoms with Crippen LogP contribution in [-0.4, -0.2) is 47.6 Å². The van der Waals surface area contributed by atoms with E-state index in [2.05, 4.69) is 4.98 Å². The van der Waals surface area contributed by atoms with Gasteiger partial charge in [-0.3, -0.25) is 5.41 Å². The average molecular weight is 357 g/mol. The van der Waals surface area contributed by atoms with Crippen LogP contribution in [0.2, 0.25) is 0 Å². The molecule has 1 aliphatic heterocycles. The highest BCUT2D eigenvalue weighted by molar-refractivity contribution is 7.11. The summed E-state index contributed by atoms with van der Waals surface area (Å²) in [5.74, 6) is 1.93. The zero-order chi connectivity index (χ0) is 17.6. The molecule has 7 heteroatoms. The summed E-state index contributed by atoms with van der Waals surface area (Å²) >= 11 is 1.44. The number of rotatable bonds is 5. The van der Waals surface area contributed by atoms with Gasteiger partial charge in [-0.2, -0.15) is 0 Å². The summed E-state index contributed by atoms with van der Waals surface area (Å²) in [6, 6.07) is 6.04. The van der Waals surface area contributed by atoms with Crippen molar-refractivity contribution >= 4 is 22.7 Å². The SMILES string of the molecule is COc1ccc(-c2csc(C3=C(O)CN(C4CC4)C3=N)n2)cc1OC. The number of thiazole rings is 1. The highest BCUT2D eigenvalue weighted by atomic mass is 32.1. The van der Waals surface area contributed by atoms with Gasteiger partial charge in [0, 0.05) is 17.0 Å². The molecule has 2 N–H and O–H groups in total. The number of aliphatic hydroxyl groups is 1. The quantitative estimate of drug-likeness (QED) is 0.855. The number of hydrogen-bond acceptors (Lipinski definition) is 6. The predicted octanol–water partition coefficient (Wildman–Crippen LogP) is 3.55. The third-order valence-corrected chi connectivity index (χ3v) is 5.38. The van der Waals surface area contributed by atoms with Crippen molar-refractivity contribution in [1.29, 1.82) is 5.41 Å². The monoisotopic (exact) mass is 357 g/mol. The second kappa shape index (κ2) is 6.07. The highest BCUT2D eigenvalue weighted by Gasteiger charge is 2.39. The summed E-state index contributed by atoms with van der Waals surface area (Å²) in [5.41, 5.74) is 2.26. The lowest BCUT2D eigenvalue weighted by Gasteiger charge is -2.16. The fraction of sp³-hybridized carbons (Fsp3) is 0.333. The standard InChI is InChI=1S/C18H19N3O3S/c1-23-14-6-3-10(7-15(14)24-2)12-9-25-18(20-12)16-13(22)8-21(17(16)19)11-4-5-11/h3,6-7,9,11,19,22H,4-5,8H2,1-2H3. The molecule has 130 valence electrons. The third-order valence-electron chi connectivity index (χ3n) is 4.52. The van der Waals surface area contributed by atoms with Gasteiger partial charge in [-0.15, -0.1) is 11.3 Å². The molecule has 0 saturated heterocycles. The lowest BCUT2D eigenvalue weighted by atomic mass is 10.1. The first kappa shape index (κ1) is 16.0. The number of aromatic nitrogens is 1. The lowest BCUT2D eigenvalue weighted by molar-refractivity contribution is 0.345. The fourth-order valence-corrected chi connectivity index (χ4v) is 3.93. The number of aliphatic hydroxyl groups excluding tert-OH is 1. The van der Waals surface area contributed by atoms with Crippen LogP contribution in [0, 0.1) is 5.41 Å². The van der Waals surface area contributed by atoms with E-state index >= 15 is 0 Å². The number of nitrogens with zero attached hydrogens (tertiary/aromatic N) is 2. The largest absolute Gasteiger partial charge is 0.510 e. The van der Waals surface area contributed by atoms with Gasteiger partial charge in [0.1, 0.15) is 16.6 Å². The number of hydrogen-bond donors (Lipinski definition) is 2. The molecule has 0 spiro atoms. The van der Waals surface area contributed by atoms with Crippen LogP contribution < -0.4 is 9.47 Å². The van der Waals surface area contributed by atoms with Crippen molar-refractivity contribution in [2.75, 3.05) is 20.8 Å². The first-order chi connectivity index (χ1) is 12.1. The summed E-state index contributed by atoms with van der Waals surface area (Å²) < 4.78 is 10.6. The van der Waals surface area contributed by atoms with Crippen molar-refractivity contribution < 1.29 is 14.6 Å². The molecule has 1 aromatic carbocycles. The Hall–Kier alpha value is -2.54. The Morgan fingerprint density at radius 1 is 1.24 bits per heavy atom. The summed E-state index contributed by atoms with van der Waals surface area (Å²) in [6.45, 7) is 0.421. The Morgan fingerprint density at radius 2 is 2.00 bits per heavy atom. The zero-order valence-corrected chi connectivity index (χ0v) is 14.9. The number of amidine groups is 1. The number of benzene rings is 1. The second-order valence-electron chi connectivity index (χ2n) is 6.14. The topological polar surface area (TPSA) is 78.7 Å². The van der Waals surface area contributed by atoms with E-state index in [9.17, 15) is 5.11 Å². The van der Waals surface area contributed by atoms with Gasteiger partial charge >= 0.3 is 0 Å². The predicted molar refractivity (Wildman–Crippen MR) is 97.7 cm³/mol. The van der Waals surface area contributed by atoms with Crippen LogP contribution in [0.25, 0.3) is 16.8 Å². The Morgan fingerprint density at radius 3 is 2.68 bits per heavy atom. The molecule has 0 unspecified atom stereocenters. The fourth-order valence-electron chi connectivity index (χ4n) is 3.04. The molecule has 1 aliphatic carbocycles. The minimum absolute atomic E-state index is 0.241. The van der Waals surface area contributed by atoms with Gasteiger partial charge in [-0.05, 0) is 31.0 Å². The number of ether oxygens (including phenoxy) is 2. The zero-order valence-electron chi connectivity index (χ0n) is 14.1. The first-order valence-electron chi connectivity index (χ1n) is 8.08. The van der Waals surface area contributed by atoms with Crippen molar-refractivity contribution in [2.24, 2.45) is 0 Å². The van der Waals surface area contributed by atoms with E-state index in [0.29, 0.717) is 40.5 Å². The molecule has 2 aliphatic rings. The van der Waals surface area contributed by atoms with E-state index in [1.54, 1.807) is 14.2 Å². The Labute approximate surface area is 149 Å². The van der Waals surface area contributed by atoms with Gasteiger partial charge in [0.05, 0.1) is 32.0 Å². The molecule has 2 heterocycles. The maximum Gasteiger partial charge on any atom is 0.161 e. The molecule has 4 rings (SSSR count). The van der Waals surface area contributed by atoms with Crippen LogP contribution in [0.4, 0.5) is 0 Å². The highest BCUT2D eigenvalue weighted by Crippen LogP contribution is 2.38. The van der Waals surface area contributed by atoms with Crippen LogP contribution in [0.1, 0.15) is 17.8 Å². The van der Waals surface area contributed by atoms with Crippen molar-refractivity contribution in [1.82, 2.24) is 9.88 Å². The molecular weight excluding hydrogens is 338 g/mol. The van der Waals surface area contributed by atoms with E-state index in [1.807, 2.05) is 28.5 Å². The van der Waals surface area contributed by atoms with Crippen LogP contribution in [0.3, 0.4) is 0 Å². The molecular formula is C18H19N3O3S. The van der Waals surface area contributed by atoms with Gasteiger partial charge in [0.2, 0.25) is 0 Å². The van der Waals surface area contributed by atoms with Gasteiger partial charge in [0.25, 0.3) is 0 Å². The molecule has 2 aromatic rings.